The summed E-state index contributed by atoms with van der Waals surface area (Å²) in [4.78, 5) is 3.77. The van der Waals surface area contributed by atoms with E-state index in [1.807, 2.05) is 6.92 Å². The summed E-state index contributed by atoms with van der Waals surface area (Å²) < 4.78 is 0. The summed E-state index contributed by atoms with van der Waals surface area (Å²) in [6.45, 7) is 3.64. The Hall–Kier alpha value is -0.460. The van der Waals surface area contributed by atoms with Gasteiger partial charge in [0, 0.05) is 7.05 Å². The van der Waals surface area contributed by atoms with Gasteiger partial charge in [0.25, 0.3) is 0 Å². The largest absolute Gasteiger partial charge is 0.304 e. The second-order valence-electron chi connectivity index (χ2n) is 1.92. The first-order chi connectivity index (χ1) is 4.09. The highest BCUT2D eigenvalue weighted by Crippen LogP contribution is 1.98. The average Bonchev–Trinajstić information content (AvgIpc) is 1.84. The second-order valence-corrected chi connectivity index (χ2v) is 1.92. The molecule has 0 fully saturated rings. The molecule has 0 atom stereocenters. The smallest absolute Gasteiger partial charge is 0.141 e. The number of allylic oxidation sites excluding steroid dienone is 2. The Kier molecular flexibility index (Phi) is 3.36. The average molecular weight is 117 g/mol. The summed E-state index contributed by atoms with van der Waals surface area (Å²) in [6.07, 6.45) is 0. The summed E-state index contributed by atoms with van der Waals surface area (Å²) in [7, 11) is 12.5. The third-order valence-electron chi connectivity index (χ3n) is 1.22. The first kappa shape index (κ1) is 8.54. The molecule has 0 saturated carbocycles. The zero-order chi connectivity index (χ0) is 7.44. The minimum atomic E-state index is 0.509. The Morgan fingerprint density at radius 2 is 1.67 bits per heavy atom. The van der Waals surface area contributed by atoms with Crippen molar-refractivity contribution < 1.29 is 0 Å². The van der Waals surface area contributed by atoms with Gasteiger partial charge in [0.05, 0.1) is 0 Å². The van der Waals surface area contributed by atoms with E-state index >= 15 is 0 Å². The first-order valence-corrected chi connectivity index (χ1v) is 2.75. The van der Waals surface area contributed by atoms with Crippen molar-refractivity contribution in [2.45, 2.75) is 13.8 Å². The molecule has 9 heavy (non-hydrogen) atoms. The molecule has 0 saturated heterocycles. The maximum atomic E-state index is 5.43. The summed E-state index contributed by atoms with van der Waals surface area (Å²) >= 11 is 0. The van der Waals surface area contributed by atoms with Gasteiger partial charge in [0.15, 0.2) is 0 Å². The predicted molar refractivity (Wildman–Crippen MR) is 43.2 cm³/mol. The molecule has 0 unspecified atom stereocenters. The highest BCUT2D eigenvalue weighted by Gasteiger charge is 1.92. The molecule has 0 bridgehead atoms. The zero-order valence-corrected chi connectivity index (χ0v) is 6.10. The molecule has 1 nitrogen and oxygen atoms in total. The highest BCUT2D eigenvalue weighted by atomic mass is 14.7. The minimum absolute atomic E-state index is 0.509. The molecule has 44 valence electrons. The molecule has 0 aliphatic carbocycles. The molecule has 0 N–H and O–H groups in total. The lowest BCUT2D eigenvalue weighted by molar-refractivity contribution is 1.41. The van der Waals surface area contributed by atoms with Gasteiger partial charge in [-0.25, -0.2) is 0 Å². The highest BCUT2D eigenvalue weighted by molar-refractivity contribution is 6.64. The van der Waals surface area contributed by atoms with Crippen LogP contribution >= 0.6 is 0 Å². The van der Waals surface area contributed by atoms with E-state index in [9.17, 15) is 0 Å². The van der Waals surface area contributed by atoms with Crippen molar-refractivity contribution in [1.29, 1.82) is 0 Å². The molecule has 0 amide bonds. The zero-order valence-electron chi connectivity index (χ0n) is 6.10. The van der Waals surface area contributed by atoms with Crippen LogP contribution in [0.3, 0.4) is 0 Å². The fourth-order valence-electron chi connectivity index (χ4n) is 0.370. The lowest BCUT2D eigenvalue weighted by Crippen LogP contribution is -2.01. The van der Waals surface area contributed by atoms with E-state index in [1.165, 1.54) is 0 Å². The van der Waals surface area contributed by atoms with E-state index < -0.39 is 0 Å². The second kappa shape index (κ2) is 3.54. The monoisotopic (exact) mass is 117 g/mol. The van der Waals surface area contributed by atoms with Crippen molar-refractivity contribution in [3.63, 3.8) is 0 Å². The van der Waals surface area contributed by atoms with Crippen LogP contribution in [0.1, 0.15) is 13.8 Å². The molecule has 4 radical (unpaired) electrons. The molecule has 0 aromatic heterocycles. The van der Waals surface area contributed by atoms with Crippen molar-refractivity contribution >= 4 is 21.3 Å². The molecular formula is C6H9B2N. The summed E-state index contributed by atoms with van der Waals surface area (Å²) in [5, 5.41) is 0. The first-order valence-electron chi connectivity index (χ1n) is 2.75. The topological polar surface area (TPSA) is 12.4 Å². The lowest BCUT2D eigenvalue weighted by atomic mass is 9.84. The van der Waals surface area contributed by atoms with Crippen molar-refractivity contribution in [3.05, 3.63) is 11.0 Å². The predicted octanol–water partition coefficient (Wildman–Crippen LogP) is 0.646. The third-order valence-corrected chi connectivity index (χ3v) is 1.22. The van der Waals surface area contributed by atoms with Crippen LogP contribution in [-0.4, -0.2) is 28.4 Å². The summed E-state index contributed by atoms with van der Waals surface area (Å²) in [5.74, 6) is 0. The quantitative estimate of drug-likeness (QED) is 0.353. The van der Waals surface area contributed by atoms with E-state index in [0.717, 1.165) is 11.0 Å². The third kappa shape index (κ3) is 2.54. The molecule has 0 aromatic carbocycles. The van der Waals surface area contributed by atoms with Crippen LogP contribution in [0.5, 0.6) is 0 Å². The molecule has 0 aliphatic heterocycles. The van der Waals surface area contributed by atoms with Crippen LogP contribution in [0.2, 0.25) is 0 Å². The minimum Gasteiger partial charge on any atom is -0.304 e. The Morgan fingerprint density at radius 1 is 1.22 bits per heavy atom. The van der Waals surface area contributed by atoms with E-state index in [-0.39, 0.29) is 0 Å². The van der Waals surface area contributed by atoms with Crippen LogP contribution < -0.4 is 0 Å². The molecule has 0 aliphatic rings. The van der Waals surface area contributed by atoms with Gasteiger partial charge in [0.1, 0.15) is 15.7 Å². The summed E-state index contributed by atoms with van der Waals surface area (Å²) in [5.41, 5.74) is 2.09. The lowest BCUT2D eigenvalue weighted by Gasteiger charge is -2.01. The van der Waals surface area contributed by atoms with Crippen molar-refractivity contribution in [3.8, 4) is 0 Å². The van der Waals surface area contributed by atoms with E-state index in [1.54, 1.807) is 14.0 Å². The number of rotatable bonds is 1. The molecule has 0 aromatic rings. The SMILES string of the molecule is [B]C(=NC)/C(C)=C(/[B])C. The Morgan fingerprint density at radius 3 is 1.78 bits per heavy atom. The fraction of sp³-hybridized carbons (Fsp3) is 0.500. The molecule has 0 rings (SSSR count). The van der Waals surface area contributed by atoms with E-state index in [2.05, 4.69) is 4.99 Å². The van der Waals surface area contributed by atoms with Crippen molar-refractivity contribution in [1.82, 2.24) is 0 Å². The van der Waals surface area contributed by atoms with Crippen molar-refractivity contribution in [2.24, 2.45) is 4.99 Å². The summed E-state index contributed by atoms with van der Waals surface area (Å²) in [6, 6.07) is 0. The van der Waals surface area contributed by atoms with Gasteiger partial charge in [0.2, 0.25) is 0 Å². The standard InChI is InChI=1S/C6H9B2N/c1-4(5(2)7)6(8)9-3/h1-3H3/b5-4+,9-6?. The normalized spacial score (nSPS) is 15.2. The Bertz CT molecular complexity index is 154. The Labute approximate surface area is 59.1 Å². The van der Waals surface area contributed by atoms with Crippen molar-refractivity contribution in [2.75, 3.05) is 7.05 Å². The van der Waals surface area contributed by atoms with Crippen LogP contribution in [0.25, 0.3) is 0 Å². The number of nitrogens with zero attached hydrogens (tertiary/aromatic N) is 1. The van der Waals surface area contributed by atoms with Crippen LogP contribution in [0.15, 0.2) is 16.0 Å². The number of hydrogen-bond donors (Lipinski definition) is 0. The van der Waals surface area contributed by atoms with Gasteiger partial charge < -0.3 is 4.99 Å². The van der Waals surface area contributed by atoms with E-state index in [4.69, 9.17) is 15.7 Å². The van der Waals surface area contributed by atoms with Gasteiger partial charge >= 0.3 is 0 Å². The van der Waals surface area contributed by atoms with Crippen LogP contribution in [0, 0.1) is 0 Å². The van der Waals surface area contributed by atoms with Crippen LogP contribution in [-0.2, 0) is 0 Å². The van der Waals surface area contributed by atoms with Gasteiger partial charge in [-0.2, -0.15) is 0 Å². The molecular weight excluding hydrogens is 108 g/mol. The maximum Gasteiger partial charge on any atom is 0.141 e. The number of hydrogen-bond acceptors (Lipinski definition) is 1. The van der Waals surface area contributed by atoms with Gasteiger partial charge in [-0.1, -0.05) is 12.5 Å². The molecule has 0 spiro atoms. The molecule has 0 heterocycles. The molecule has 3 heteroatoms. The maximum absolute atomic E-state index is 5.43. The Balaban J connectivity index is 4.40. The van der Waals surface area contributed by atoms with Gasteiger partial charge in [-0.05, 0) is 12.5 Å². The van der Waals surface area contributed by atoms with Crippen LogP contribution in [0.4, 0.5) is 0 Å². The van der Waals surface area contributed by atoms with E-state index in [0.29, 0.717) is 5.61 Å². The fourth-order valence-corrected chi connectivity index (χ4v) is 0.370. The number of aliphatic imine (C=N–C) groups is 1. The van der Waals surface area contributed by atoms with Gasteiger partial charge in [-0.15, -0.1) is 5.47 Å². The van der Waals surface area contributed by atoms with Gasteiger partial charge in [-0.3, -0.25) is 0 Å².